The zero-order valence-electron chi connectivity index (χ0n) is 15.2. The Hall–Kier alpha value is -1.03. The van der Waals surface area contributed by atoms with Crippen LogP contribution in [0.2, 0.25) is 0 Å². The van der Waals surface area contributed by atoms with E-state index < -0.39 is 12.7 Å². The molecule has 148 valence electrons. The molecule has 2 unspecified atom stereocenters. The van der Waals surface area contributed by atoms with Gasteiger partial charge >= 0.3 is 6.18 Å². The maximum absolute atomic E-state index is 12.5. The van der Waals surface area contributed by atoms with Gasteiger partial charge in [0.05, 0.1) is 12.6 Å². The van der Waals surface area contributed by atoms with Crippen LogP contribution in [0.25, 0.3) is 0 Å². The first-order valence-electron chi connectivity index (χ1n) is 8.76. The van der Waals surface area contributed by atoms with Crippen molar-refractivity contribution in [2.24, 2.45) is 10.9 Å². The normalized spacial score (nSPS) is 19.7. The molecule has 0 bridgehead atoms. The molecule has 1 heterocycles. The molecule has 26 heavy (non-hydrogen) atoms. The highest BCUT2D eigenvalue weighted by molar-refractivity contribution is 14.0. The van der Waals surface area contributed by atoms with Gasteiger partial charge in [0, 0.05) is 19.6 Å². The molecule has 0 aromatic heterocycles. The molecule has 8 heteroatoms. The Morgan fingerprint density at radius 3 is 2.62 bits per heavy atom. The van der Waals surface area contributed by atoms with Gasteiger partial charge in [0.1, 0.15) is 0 Å². The molecule has 2 atom stereocenters. The number of likely N-dealkylation sites (tertiary alicyclic amines) is 1. The second-order valence-corrected chi connectivity index (χ2v) is 6.50. The minimum atomic E-state index is -4.13. The van der Waals surface area contributed by atoms with Crippen LogP contribution in [0.3, 0.4) is 0 Å². The summed E-state index contributed by atoms with van der Waals surface area (Å²) < 4.78 is 37.4. The average molecular weight is 484 g/mol. The van der Waals surface area contributed by atoms with Crippen LogP contribution in [0.5, 0.6) is 0 Å². The molecule has 2 rings (SSSR count). The van der Waals surface area contributed by atoms with Gasteiger partial charge in [-0.1, -0.05) is 30.3 Å². The number of nitrogens with one attached hydrogen (secondary N) is 2. The maximum Gasteiger partial charge on any atom is 0.401 e. The lowest BCUT2D eigenvalue weighted by molar-refractivity contribution is -0.143. The van der Waals surface area contributed by atoms with Crippen LogP contribution >= 0.6 is 24.0 Å². The summed E-state index contributed by atoms with van der Waals surface area (Å²) >= 11 is 0. The first-order valence-corrected chi connectivity index (χ1v) is 8.76. The third kappa shape index (κ3) is 8.11. The topological polar surface area (TPSA) is 39.7 Å². The molecule has 1 aliphatic rings. The highest BCUT2D eigenvalue weighted by Crippen LogP contribution is 2.22. The second-order valence-electron chi connectivity index (χ2n) is 6.50. The molecule has 1 aliphatic heterocycles. The molecule has 0 spiro atoms. The van der Waals surface area contributed by atoms with Crippen molar-refractivity contribution >= 4 is 29.9 Å². The van der Waals surface area contributed by atoms with E-state index in [1.54, 1.807) is 0 Å². The Balaban J connectivity index is 0.00000338. The number of halogens is 4. The number of hydrogen-bond donors (Lipinski definition) is 2. The summed E-state index contributed by atoms with van der Waals surface area (Å²) in [5, 5.41) is 6.55. The summed E-state index contributed by atoms with van der Waals surface area (Å²) in [5.74, 6) is 0.873. The van der Waals surface area contributed by atoms with E-state index in [4.69, 9.17) is 0 Å². The lowest BCUT2D eigenvalue weighted by Gasteiger charge is -2.19. The first-order chi connectivity index (χ1) is 11.9. The molecule has 0 radical (unpaired) electrons. The molecule has 1 aromatic carbocycles. The van der Waals surface area contributed by atoms with Gasteiger partial charge in [-0.25, -0.2) is 0 Å². The van der Waals surface area contributed by atoms with Crippen LogP contribution in [-0.4, -0.2) is 49.8 Å². The SMILES string of the molecule is CCNC(=NCC1CCN(CC(F)(F)F)C1)NC(C)c1ccccc1.I. The van der Waals surface area contributed by atoms with Crippen molar-refractivity contribution in [1.29, 1.82) is 0 Å². The molecule has 2 N–H and O–H groups in total. The molecular weight excluding hydrogens is 456 g/mol. The summed E-state index contributed by atoms with van der Waals surface area (Å²) in [6, 6.07) is 10.2. The summed E-state index contributed by atoms with van der Waals surface area (Å²) in [5.41, 5.74) is 1.16. The third-order valence-corrected chi connectivity index (χ3v) is 4.28. The molecular formula is C18H28F3IN4. The number of alkyl halides is 3. The van der Waals surface area contributed by atoms with Crippen molar-refractivity contribution in [1.82, 2.24) is 15.5 Å². The fraction of sp³-hybridized carbons (Fsp3) is 0.611. The van der Waals surface area contributed by atoms with Crippen LogP contribution in [0.15, 0.2) is 35.3 Å². The van der Waals surface area contributed by atoms with E-state index in [1.807, 2.05) is 37.3 Å². The number of nitrogens with zero attached hydrogens (tertiary/aromatic N) is 2. The molecule has 0 saturated carbocycles. The fourth-order valence-electron chi connectivity index (χ4n) is 3.03. The maximum atomic E-state index is 12.5. The quantitative estimate of drug-likeness (QED) is 0.367. The van der Waals surface area contributed by atoms with Crippen LogP contribution in [0, 0.1) is 5.92 Å². The van der Waals surface area contributed by atoms with Gasteiger partial charge in [-0.15, -0.1) is 24.0 Å². The lowest BCUT2D eigenvalue weighted by atomic mass is 10.1. The van der Waals surface area contributed by atoms with E-state index in [9.17, 15) is 13.2 Å². The van der Waals surface area contributed by atoms with Gasteiger partial charge in [0.25, 0.3) is 0 Å². The molecule has 0 aliphatic carbocycles. The van der Waals surface area contributed by atoms with E-state index >= 15 is 0 Å². The molecule has 1 saturated heterocycles. The van der Waals surface area contributed by atoms with Gasteiger partial charge in [-0.2, -0.15) is 13.2 Å². The van der Waals surface area contributed by atoms with Gasteiger partial charge in [-0.05, 0) is 38.3 Å². The highest BCUT2D eigenvalue weighted by Gasteiger charge is 2.34. The summed E-state index contributed by atoms with van der Waals surface area (Å²) in [7, 11) is 0. The summed E-state index contributed by atoms with van der Waals surface area (Å²) in [6.07, 6.45) is -3.37. The van der Waals surface area contributed by atoms with E-state index in [1.165, 1.54) is 4.90 Å². The monoisotopic (exact) mass is 484 g/mol. The predicted molar refractivity (Wildman–Crippen MR) is 110 cm³/mol. The van der Waals surface area contributed by atoms with Crippen LogP contribution in [0.4, 0.5) is 13.2 Å². The standard InChI is InChI=1S/C18H27F3N4.HI/c1-3-22-17(24-14(2)16-7-5-4-6-8-16)23-11-15-9-10-25(12-15)13-18(19,20)21;/h4-8,14-15H,3,9-13H2,1-2H3,(H2,22,23,24);1H. The summed E-state index contributed by atoms with van der Waals surface area (Å²) in [4.78, 5) is 6.04. The summed E-state index contributed by atoms with van der Waals surface area (Å²) in [6.45, 7) is 5.44. The average Bonchev–Trinajstić information content (AvgIpc) is 2.99. The van der Waals surface area contributed by atoms with E-state index in [2.05, 4.69) is 22.5 Å². The van der Waals surface area contributed by atoms with E-state index in [-0.39, 0.29) is 35.9 Å². The number of hydrogen-bond acceptors (Lipinski definition) is 2. The Bertz CT molecular complexity index is 551. The minimum absolute atomic E-state index is 0. The Kier molecular flexibility index (Phi) is 9.70. The Labute approximate surface area is 170 Å². The smallest absolute Gasteiger partial charge is 0.357 e. The van der Waals surface area contributed by atoms with Crippen molar-refractivity contribution in [3.05, 3.63) is 35.9 Å². The first kappa shape index (κ1) is 23.0. The van der Waals surface area contributed by atoms with Crippen LogP contribution in [0.1, 0.15) is 31.9 Å². The number of rotatable bonds is 6. The predicted octanol–water partition coefficient (Wildman–Crippen LogP) is 3.80. The van der Waals surface area contributed by atoms with Crippen LogP contribution in [-0.2, 0) is 0 Å². The zero-order chi connectivity index (χ0) is 18.3. The fourth-order valence-corrected chi connectivity index (χ4v) is 3.03. The molecule has 1 aromatic rings. The Morgan fingerprint density at radius 1 is 1.31 bits per heavy atom. The van der Waals surface area contributed by atoms with Crippen LogP contribution < -0.4 is 10.6 Å². The van der Waals surface area contributed by atoms with E-state index in [0.29, 0.717) is 25.6 Å². The van der Waals surface area contributed by atoms with E-state index in [0.717, 1.165) is 18.5 Å². The second kappa shape index (κ2) is 11.0. The molecule has 0 amide bonds. The van der Waals surface area contributed by atoms with Gasteiger partial charge in [-0.3, -0.25) is 9.89 Å². The zero-order valence-corrected chi connectivity index (χ0v) is 17.6. The number of aliphatic imine (C=N–C) groups is 1. The largest absolute Gasteiger partial charge is 0.401 e. The minimum Gasteiger partial charge on any atom is -0.357 e. The van der Waals surface area contributed by atoms with Crippen molar-refractivity contribution in [3.8, 4) is 0 Å². The van der Waals surface area contributed by atoms with Crippen molar-refractivity contribution in [2.45, 2.75) is 32.5 Å². The highest BCUT2D eigenvalue weighted by atomic mass is 127. The van der Waals surface area contributed by atoms with Crippen molar-refractivity contribution in [2.75, 3.05) is 32.7 Å². The van der Waals surface area contributed by atoms with Gasteiger partial charge in [0.2, 0.25) is 0 Å². The third-order valence-electron chi connectivity index (χ3n) is 4.28. The van der Waals surface area contributed by atoms with Crippen molar-refractivity contribution in [3.63, 3.8) is 0 Å². The Morgan fingerprint density at radius 2 is 2.00 bits per heavy atom. The molecule has 4 nitrogen and oxygen atoms in total. The molecule has 1 fully saturated rings. The van der Waals surface area contributed by atoms with Gasteiger partial charge < -0.3 is 10.6 Å². The van der Waals surface area contributed by atoms with Crippen molar-refractivity contribution < 1.29 is 13.2 Å². The number of guanidine groups is 1. The number of benzene rings is 1. The van der Waals surface area contributed by atoms with Gasteiger partial charge in [0.15, 0.2) is 5.96 Å². The lowest BCUT2D eigenvalue weighted by Crippen LogP contribution is -2.39.